The van der Waals surface area contributed by atoms with E-state index in [2.05, 4.69) is 40.2 Å². The lowest BCUT2D eigenvalue weighted by molar-refractivity contribution is 0.0691. The van der Waals surface area contributed by atoms with Crippen LogP contribution in [0, 0.1) is 0 Å². The second-order valence-electron chi connectivity index (χ2n) is 7.82. The number of rotatable bonds is 3. The normalized spacial score (nSPS) is 14.6. The number of carboxylic acids is 1. The minimum atomic E-state index is -1.07. The van der Waals surface area contributed by atoms with E-state index in [4.69, 9.17) is 9.47 Å². The highest BCUT2D eigenvalue weighted by atomic mass is 79.9. The minimum absolute atomic E-state index is 0.0189. The quantitative estimate of drug-likeness (QED) is 0.536. The number of fused-ring (bicyclic) bond motifs is 4. The first kappa shape index (κ1) is 20.6. The Morgan fingerprint density at radius 3 is 2.38 bits per heavy atom. The van der Waals surface area contributed by atoms with E-state index in [-0.39, 0.29) is 31.2 Å². The molecule has 0 aromatic heterocycles. The topological polar surface area (TPSA) is 76.1 Å². The van der Waals surface area contributed by atoms with Gasteiger partial charge in [-0.15, -0.1) is 0 Å². The molecule has 3 aromatic rings. The SMILES string of the molecule is O=C(O)c1cc(Br)cc2c1OCCN(C(=O)OCC1c3ccccc3-c3ccccc31)C2. The van der Waals surface area contributed by atoms with Crippen LogP contribution in [0.4, 0.5) is 4.79 Å². The van der Waals surface area contributed by atoms with E-state index in [0.29, 0.717) is 22.3 Å². The third-order valence-electron chi connectivity index (χ3n) is 5.92. The molecule has 0 radical (unpaired) electrons. The molecule has 2 aliphatic rings. The molecule has 7 heteroatoms. The Balaban J connectivity index is 1.35. The third kappa shape index (κ3) is 3.62. The molecule has 1 aliphatic heterocycles. The molecular formula is C25H20BrNO5. The maximum absolute atomic E-state index is 13.0. The minimum Gasteiger partial charge on any atom is -0.490 e. The summed E-state index contributed by atoms with van der Waals surface area (Å²) < 4.78 is 12.1. The summed E-state index contributed by atoms with van der Waals surface area (Å²) in [4.78, 5) is 26.1. The van der Waals surface area contributed by atoms with Crippen molar-refractivity contribution >= 4 is 28.0 Å². The van der Waals surface area contributed by atoms with E-state index < -0.39 is 12.1 Å². The van der Waals surface area contributed by atoms with Crippen LogP contribution in [0.15, 0.2) is 65.1 Å². The first-order valence-corrected chi connectivity index (χ1v) is 11.1. The van der Waals surface area contributed by atoms with E-state index in [1.807, 2.05) is 24.3 Å². The molecule has 6 nitrogen and oxygen atoms in total. The Hall–Kier alpha value is -3.32. The molecule has 1 aliphatic carbocycles. The van der Waals surface area contributed by atoms with Crippen LogP contribution in [0.2, 0.25) is 0 Å². The monoisotopic (exact) mass is 493 g/mol. The molecule has 32 heavy (non-hydrogen) atoms. The van der Waals surface area contributed by atoms with Gasteiger partial charge in [-0.25, -0.2) is 9.59 Å². The number of amides is 1. The molecule has 3 aromatic carbocycles. The number of aromatic carboxylic acids is 1. The van der Waals surface area contributed by atoms with Gasteiger partial charge >= 0.3 is 12.1 Å². The van der Waals surface area contributed by atoms with Gasteiger partial charge in [0.15, 0.2) is 0 Å². The van der Waals surface area contributed by atoms with E-state index in [1.165, 1.54) is 17.2 Å². The predicted octanol–water partition coefficient (Wildman–Crippen LogP) is 5.29. The fraction of sp³-hybridized carbons (Fsp3) is 0.200. The average molecular weight is 494 g/mol. The van der Waals surface area contributed by atoms with Gasteiger partial charge in [0.2, 0.25) is 0 Å². The van der Waals surface area contributed by atoms with Gasteiger partial charge in [-0.3, -0.25) is 0 Å². The third-order valence-corrected chi connectivity index (χ3v) is 6.38. The Labute approximate surface area is 193 Å². The summed E-state index contributed by atoms with van der Waals surface area (Å²) in [6, 6.07) is 19.7. The fourth-order valence-electron chi connectivity index (χ4n) is 4.48. The standard InChI is InChI=1S/C25H20BrNO5/c26-16-11-15-13-27(9-10-31-23(15)21(12-16)24(28)29)25(30)32-14-22-19-7-3-1-5-17(19)18-6-2-4-8-20(18)22/h1-8,11-12,22H,9-10,13-14H2,(H,28,29). The van der Waals surface area contributed by atoms with Gasteiger partial charge in [0.05, 0.1) is 13.1 Å². The van der Waals surface area contributed by atoms with Gasteiger partial charge in [0.25, 0.3) is 0 Å². The summed E-state index contributed by atoms with van der Waals surface area (Å²) in [7, 11) is 0. The number of carbonyl (C=O) groups excluding carboxylic acids is 1. The van der Waals surface area contributed by atoms with Crippen molar-refractivity contribution in [2.75, 3.05) is 19.8 Å². The molecule has 1 N–H and O–H groups in total. The van der Waals surface area contributed by atoms with Crippen molar-refractivity contribution in [3.63, 3.8) is 0 Å². The van der Waals surface area contributed by atoms with Gasteiger partial charge in [-0.2, -0.15) is 0 Å². The molecule has 0 bridgehead atoms. The van der Waals surface area contributed by atoms with E-state index in [0.717, 1.165) is 11.1 Å². The summed E-state index contributed by atoms with van der Waals surface area (Å²) >= 11 is 3.34. The Morgan fingerprint density at radius 2 is 1.72 bits per heavy atom. The zero-order valence-corrected chi connectivity index (χ0v) is 18.7. The summed E-state index contributed by atoms with van der Waals surface area (Å²) in [5.74, 6) is -0.790. The number of halogens is 1. The molecule has 162 valence electrons. The highest BCUT2D eigenvalue weighted by molar-refractivity contribution is 9.10. The van der Waals surface area contributed by atoms with E-state index in [9.17, 15) is 14.7 Å². The summed E-state index contributed by atoms with van der Waals surface area (Å²) in [6.45, 7) is 0.947. The molecule has 5 rings (SSSR count). The highest BCUT2D eigenvalue weighted by Gasteiger charge is 2.30. The van der Waals surface area contributed by atoms with Crippen LogP contribution in [-0.4, -0.2) is 41.8 Å². The van der Waals surface area contributed by atoms with Crippen LogP contribution >= 0.6 is 15.9 Å². The van der Waals surface area contributed by atoms with Gasteiger partial charge in [0, 0.05) is 16.0 Å². The van der Waals surface area contributed by atoms with Crippen molar-refractivity contribution in [2.45, 2.75) is 12.5 Å². The molecule has 0 saturated carbocycles. The Bertz CT molecular complexity index is 1180. The average Bonchev–Trinajstić information content (AvgIpc) is 2.94. The van der Waals surface area contributed by atoms with Crippen molar-refractivity contribution in [1.82, 2.24) is 4.90 Å². The maximum Gasteiger partial charge on any atom is 0.410 e. The van der Waals surface area contributed by atoms with Crippen LogP contribution in [0.3, 0.4) is 0 Å². The van der Waals surface area contributed by atoms with Gasteiger partial charge in [0.1, 0.15) is 24.5 Å². The second kappa shape index (κ2) is 8.31. The van der Waals surface area contributed by atoms with E-state index >= 15 is 0 Å². The molecule has 0 saturated heterocycles. The van der Waals surface area contributed by atoms with Crippen LogP contribution < -0.4 is 4.74 Å². The van der Waals surface area contributed by atoms with Gasteiger partial charge in [-0.05, 0) is 34.4 Å². The van der Waals surface area contributed by atoms with Gasteiger partial charge < -0.3 is 19.5 Å². The predicted molar refractivity (Wildman–Crippen MR) is 122 cm³/mol. The number of hydrogen-bond acceptors (Lipinski definition) is 4. The lowest BCUT2D eigenvalue weighted by atomic mass is 9.98. The van der Waals surface area contributed by atoms with Crippen molar-refractivity contribution in [2.24, 2.45) is 0 Å². The van der Waals surface area contributed by atoms with E-state index in [1.54, 1.807) is 11.0 Å². The zero-order chi connectivity index (χ0) is 22.2. The summed E-state index contributed by atoms with van der Waals surface area (Å²) in [5, 5.41) is 9.49. The molecule has 1 amide bonds. The molecule has 0 fully saturated rings. The summed E-state index contributed by atoms with van der Waals surface area (Å²) in [6.07, 6.45) is -0.444. The largest absolute Gasteiger partial charge is 0.490 e. The maximum atomic E-state index is 13.0. The smallest absolute Gasteiger partial charge is 0.410 e. The fourth-order valence-corrected chi connectivity index (χ4v) is 4.99. The number of benzene rings is 3. The van der Waals surface area contributed by atoms with Crippen LogP contribution in [0.5, 0.6) is 5.75 Å². The van der Waals surface area contributed by atoms with Crippen molar-refractivity contribution in [1.29, 1.82) is 0 Å². The van der Waals surface area contributed by atoms with Gasteiger partial charge in [-0.1, -0.05) is 64.5 Å². The van der Waals surface area contributed by atoms with Crippen molar-refractivity contribution < 1.29 is 24.2 Å². The van der Waals surface area contributed by atoms with Crippen LogP contribution in [0.25, 0.3) is 11.1 Å². The lowest BCUT2D eigenvalue weighted by Crippen LogP contribution is -2.33. The number of hydrogen-bond donors (Lipinski definition) is 1. The second-order valence-corrected chi connectivity index (χ2v) is 8.74. The molecule has 0 unspecified atom stereocenters. The summed E-state index contributed by atoms with van der Waals surface area (Å²) in [5.41, 5.74) is 5.35. The van der Waals surface area contributed by atoms with Crippen molar-refractivity contribution in [3.05, 3.63) is 87.4 Å². The lowest BCUT2D eigenvalue weighted by Gasteiger charge is -2.21. The van der Waals surface area contributed by atoms with Crippen LogP contribution in [0.1, 0.15) is 33.0 Å². The molecular weight excluding hydrogens is 474 g/mol. The first-order valence-electron chi connectivity index (χ1n) is 10.3. The molecule has 0 spiro atoms. The molecule has 1 heterocycles. The van der Waals surface area contributed by atoms with Crippen LogP contribution in [-0.2, 0) is 11.3 Å². The number of carbonyl (C=O) groups is 2. The first-order chi connectivity index (χ1) is 15.5. The highest BCUT2D eigenvalue weighted by Crippen LogP contribution is 2.44. The number of nitrogens with zero attached hydrogens (tertiary/aromatic N) is 1. The number of carboxylic acid groups (broad SMARTS) is 1. The zero-order valence-electron chi connectivity index (χ0n) is 17.1. The Morgan fingerprint density at radius 1 is 1.06 bits per heavy atom. The molecule has 0 atom stereocenters. The van der Waals surface area contributed by atoms with Crippen molar-refractivity contribution in [3.8, 4) is 16.9 Å². The number of ether oxygens (including phenoxy) is 2. The Kier molecular flexibility index (Phi) is 5.35.